The summed E-state index contributed by atoms with van der Waals surface area (Å²) in [6.45, 7) is 7.25. The maximum absolute atomic E-state index is 15.0. The van der Waals surface area contributed by atoms with Crippen molar-refractivity contribution in [2.24, 2.45) is 0 Å². The molecule has 1 fully saturated rings. The van der Waals surface area contributed by atoms with Crippen LogP contribution in [0.4, 0.5) is 14.5 Å². The van der Waals surface area contributed by atoms with E-state index < -0.39 is 15.7 Å². The number of carbonyl (C=O) groups is 1. The van der Waals surface area contributed by atoms with Crippen LogP contribution in [0.1, 0.15) is 42.8 Å². The van der Waals surface area contributed by atoms with E-state index in [0.29, 0.717) is 43.0 Å². The SMILES string of the molecule is CC(C)OC(C)c1ccc(N2CCN(C(=O)c3cc(S(C)(=O)=O)ccc3-c3ccc(F)cc3)CC2)c(F)c1. The fourth-order valence-electron chi connectivity index (χ4n) is 4.65. The number of hydrogen-bond acceptors (Lipinski definition) is 5. The molecule has 202 valence electrons. The zero-order valence-electron chi connectivity index (χ0n) is 21.9. The number of sulfone groups is 1. The predicted octanol–water partition coefficient (Wildman–Crippen LogP) is 5.48. The third kappa shape index (κ3) is 6.22. The van der Waals surface area contributed by atoms with E-state index in [0.717, 1.165) is 11.8 Å². The number of halogens is 2. The average molecular weight is 543 g/mol. The molecule has 1 amide bonds. The van der Waals surface area contributed by atoms with Crippen LogP contribution in [0, 0.1) is 11.6 Å². The van der Waals surface area contributed by atoms with Crippen molar-refractivity contribution in [1.82, 2.24) is 4.90 Å². The van der Waals surface area contributed by atoms with Gasteiger partial charge in [0.2, 0.25) is 0 Å². The van der Waals surface area contributed by atoms with E-state index in [1.807, 2.05) is 31.7 Å². The molecule has 3 aromatic rings. The topological polar surface area (TPSA) is 66.9 Å². The molecule has 6 nitrogen and oxygen atoms in total. The lowest BCUT2D eigenvalue weighted by Crippen LogP contribution is -2.49. The first-order valence-electron chi connectivity index (χ1n) is 12.5. The molecule has 1 heterocycles. The predicted molar refractivity (Wildman–Crippen MR) is 144 cm³/mol. The maximum Gasteiger partial charge on any atom is 0.254 e. The normalized spacial score (nSPS) is 15.1. The highest BCUT2D eigenvalue weighted by Gasteiger charge is 2.27. The summed E-state index contributed by atoms with van der Waals surface area (Å²) in [5.74, 6) is -1.08. The third-order valence-corrected chi connectivity index (χ3v) is 7.74. The van der Waals surface area contributed by atoms with Gasteiger partial charge in [0.25, 0.3) is 5.91 Å². The molecule has 0 radical (unpaired) electrons. The first-order chi connectivity index (χ1) is 17.9. The Morgan fingerprint density at radius 1 is 0.895 bits per heavy atom. The molecular formula is C29H32F2N2O4S. The fraction of sp³-hybridized carbons (Fsp3) is 0.345. The smallest absolute Gasteiger partial charge is 0.254 e. The van der Waals surface area contributed by atoms with Gasteiger partial charge in [-0.05, 0) is 73.9 Å². The third-order valence-electron chi connectivity index (χ3n) is 6.63. The molecule has 1 unspecified atom stereocenters. The van der Waals surface area contributed by atoms with E-state index in [1.165, 1.54) is 30.3 Å². The van der Waals surface area contributed by atoms with Gasteiger partial charge in [-0.15, -0.1) is 0 Å². The molecule has 38 heavy (non-hydrogen) atoms. The van der Waals surface area contributed by atoms with Crippen molar-refractivity contribution in [2.75, 3.05) is 37.3 Å². The minimum atomic E-state index is -3.55. The van der Waals surface area contributed by atoms with Gasteiger partial charge in [-0.2, -0.15) is 0 Å². The van der Waals surface area contributed by atoms with Gasteiger partial charge >= 0.3 is 0 Å². The fourth-order valence-corrected chi connectivity index (χ4v) is 5.30. The minimum Gasteiger partial charge on any atom is -0.371 e. The average Bonchev–Trinajstić information content (AvgIpc) is 2.87. The number of benzene rings is 3. The summed E-state index contributed by atoms with van der Waals surface area (Å²) in [6, 6.07) is 15.2. The molecule has 1 aliphatic heterocycles. The van der Waals surface area contributed by atoms with E-state index in [9.17, 15) is 17.6 Å². The summed E-state index contributed by atoms with van der Waals surface area (Å²) in [7, 11) is -3.55. The summed E-state index contributed by atoms with van der Waals surface area (Å²) in [5, 5.41) is 0. The number of carbonyl (C=O) groups excluding carboxylic acids is 1. The largest absolute Gasteiger partial charge is 0.371 e. The second kappa shape index (κ2) is 11.2. The van der Waals surface area contributed by atoms with E-state index in [4.69, 9.17) is 4.74 Å². The summed E-state index contributed by atoms with van der Waals surface area (Å²) in [5.41, 5.74) is 2.56. The summed E-state index contributed by atoms with van der Waals surface area (Å²) in [4.78, 5) is 17.2. The minimum absolute atomic E-state index is 0.0278. The van der Waals surface area contributed by atoms with Gasteiger partial charge in [0, 0.05) is 38.0 Å². The number of amides is 1. The van der Waals surface area contributed by atoms with Crippen LogP contribution in [0.2, 0.25) is 0 Å². The molecule has 9 heteroatoms. The lowest BCUT2D eigenvalue weighted by atomic mass is 9.98. The molecule has 4 rings (SSSR count). The number of hydrogen-bond donors (Lipinski definition) is 0. The molecule has 1 saturated heterocycles. The molecule has 0 aliphatic carbocycles. The van der Waals surface area contributed by atoms with Crippen molar-refractivity contribution >= 4 is 21.4 Å². The quantitative estimate of drug-likeness (QED) is 0.395. The van der Waals surface area contributed by atoms with Gasteiger partial charge in [0.05, 0.1) is 22.8 Å². The number of piperazine rings is 1. The highest BCUT2D eigenvalue weighted by atomic mass is 32.2. The van der Waals surface area contributed by atoms with E-state index >= 15 is 4.39 Å². The first-order valence-corrected chi connectivity index (χ1v) is 14.4. The summed E-state index contributed by atoms with van der Waals surface area (Å²) < 4.78 is 58.7. The van der Waals surface area contributed by atoms with Crippen molar-refractivity contribution in [1.29, 1.82) is 0 Å². The van der Waals surface area contributed by atoms with Gasteiger partial charge in [-0.25, -0.2) is 17.2 Å². The lowest BCUT2D eigenvalue weighted by molar-refractivity contribution is 0.0177. The van der Waals surface area contributed by atoms with E-state index in [-0.39, 0.29) is 34.4 Å². The van der Waals surface area contributed by atoms with E-state index in [2.05, 4.69) is 0 Å². The molecule has 0 N–H and O–H groups in total. The molecule has 0 saturated carbocycles. The lowest BCUT2D eigenvalue weighted by Gasteiger charge is -2.36. The molecule has 1 atom stereocenters. The van der Waals surface area contributed by atoms with Crippen LogP contribution >= 0.6 is 0 Å². The van der Waals surface area contributed by atoms with Gasteiger partial charge in [-0.3, -0.25) is 4.79 Å². The van der Waals surface area contributed by atoms with E-state index in [1.54, 1.807) is 29.2 Å². The monoisotopic (exact) mass is 542 g/mol. The Hall–Kier alpha value is -3.30. The number of rotatable bonds is 7. The number of ether oxygens (including phenoxy) is 1. The van der Waals surface area contributed by atoms with Gasteiger partial charge in [0.15, 0.2) is 9.84 Å². The molecular weight excluding hydrogens is 510 g/mol. The zero-order valence-corrected chi connectivity index (χ0v) is 22.8. The highest BCUT2D eigenvalue weighted by Crippen LogP contribution is 2.30. The van der Waals surface area contributed by atoms with Gasteiger partial charge in [0.1, 0.15) is 11.6 Å². The second-order valence-corrected chi connectivity index (χ2v) is 11.8. The van der Waals surface area contributed by atoms with Gasteiger partial charge < -0.3 is 14.5 Å². The number of nitrogens with zero attached hydrogens (tertiary/aromatic N) is 2. The maximum atomic E-state index is 15.0. The van der Waals surface area contributed by atoms with Crippen LogP contribution in [-0.4, -0.2) is 57.8 Å². The Kier molecular flexibility index (Phi) is 8.18. The Morgan fingerprint density at radius 2 is 1.55 bits per heavy atom. The first kappa shape index (κ1) is 27.7. The van der Waals surface area contributed by atoms with Gasteiger partial charge in [-0.1, -0.05) is 24.3 Å². The van der Waals surface area contributed by atoms with Crippen LogP contribution in [0.15, 0.2) is 65.6 Å². The Morgan fingerprint density at radius 3 is 2.13 bits per heavy atom. The number of anilines is 1. The van der Waals surface area contributed by atoms with Crippen LogP contribution in [0.25, 0.3) is 11.1 Å². The van der Waals surface area contributed by atoms with Crippen molar-refractivity contribution in [3.8, 4) is 11.1 Å². The highest BCUT2D eigenvalue weighted by molar-refractivity contribution is 7.90. The van der Waals surface area contributed by atoms with Crippen LogP contribution in [-0.2, 0) is 14.6 Å². The molecule has 1 aliphatic rings. The standard InChI is InChI=1S/C29H32F2N2O4S/c1-19(2)37-20(3)22-7-12-28(27(31)17-22)32-13-15-33(16-14-32)29(34)26-18-24(38(4,35)36)10-11-25(26)21-5-8-23(30)9-6-21/h5-12,17-20H,13-16H2,1-4H3. The summed E-state index contributed by atoms with van der Waals surface area (Å²) >= 11 is 0. The Bertz CT molecular complexity index is 1420. The van der Waals surface area contributed by atoms with Crippen LogP contribution < -0.4 is 4.90 Å². The summed E-state index contributed by atoms with van der Waals surface area (Å²) in [6.07, 6.45) is 0.883. The van der Waals surface area contributed by atoms with Crippen LogP contribution in [0.5, 0.6) is 0 Å². The van der Waals surface area contributed by atoms with Crippen molar-refractivity contribution < 1.29 is 26.7 Å². The molecule has 3 aromatic carbocycles. The molecule has 0 spiro atoms. The Labute approximate surface area is 222 Å². The zero-order chi connectivity index (χ0) is 27.6. The molecule has 0 bridgehead atoms. The van der Waals surface area contributed by atoms with Crippen molar-refractivity contribution in [2.45, 2.75) is 37.9 Å². The second-order valence-electron chi connectivity index (χ2n) is 9.80. The van der Waals surface area contributed by atoms with Crippen LogP contribution in [0.3, 0.4) is 0 Å². The van der Waals surface area contributed by atoms with Crippen molar-refractivity contribution in [3.63, 3.8) is 0 Å². The van der Waals surface area contributed by atoms with Crippen molar-refractivity contribution in [3.05, 3.63) is 83.4 Å². The molecule has 0 aromatic heterocycles. The Balaban J connectivity index is 1.54.